The Morgan fingerprint density at radius 2 is 1.57 bits per heavy atom. The number of amides is 1. The van der Waals surface area contributed by atoms with Crippen molar-refractivity contribution in [2.24, 2.45) is 5.92 Å². The van der Waals surface area contributed by atoms with Crippen molar-refractivity contribution < 1.29 is 19.1 Å². The highest BCUT2D eigenvalue weighted by Crippen LogP contribution is 2.31. The Hall–Kier alpha value is -2.82. The van der Waals surface area contributed by atoms with E-state index in [0.29, 0.717) is 32.4 Å². The first-order valence-corrected chi connectivity index (χ1v) is 9.67. The summed E-state index contributed by atoms with van der Waals surface area (Å²) >= 11 is 0. The number of hydrogen-bond donors (Lipinski definition) is 0. The molecule has 1 atom stereocenters. The maximum absolute atomic E-state index is 13.0. The molecule has 0 bridgehead atoms. The summed E-state index contributed by atoms with van der Waals surface area (Å²) in [5.41, 5.74) is 2.20. The molecule has 1 aliphatic rings. The largest absolute Gasteiger partial charge is 0.497 e. The molecular formula is C23H27NO4. The maximum atomic E-state index is 13.0. The van der Waals surface area contributed by atoms with Crippen molar-refractivity contribution in [3.63, 3.8) is 0 Å². The second kappa shape index (κ2) is 9.40. The van der Waals surface area contributed by atoms with Gasteiger partial charge >= 0.3 is 5.97 Å². The van der Waals surface area contributed by atoms with Crippen molar-refractivity contribution in [2.75, 3.05) is 27.3 Å². The number of piperidine rings is 1. The Morgan fingerprint density at radius 3 is 2.14 bits per heavy atom. The lowest BCUT2D eigenvalue weighted by atomic mass is 9.87. The summed E-state index contributed by atoms with van der Waals surface area (Å²) in [6, 6.07) is 18.0. The molecule has 1 amide bonds. The number of carbonyl (C=O) groups excluding carboxylic acids is 2. The first-order valence-electron chi connectivity index (χ1n) is 9.67. The van der Waals surface area contributed by atoms with Crippen LogP contribution in [0.5, 0.6) is 5.75 Å². The highest BCUT2D eigenvalue weighted by Gasteiger charge is 2.29. The Balaban J connectivity index is 1.73. The third kappa shape index (κ3) is 4.71. The third-order valence-electron chi connectivity index (χ3n) is 5.48. The molecule has 0 N–H and O–H groups in total. The quantitative estimate of drug-likeness (QED) is 0.717. The van der Waals surface area contributed by atoms with Crippen LogP contribution < -0.4 is 4.74 Å². The van der Waals surface area contributed by atoms with Crippen molar-refractivity contribution >= 4 is 11.9 Å². The zero-order chi connectivity index (χ0) is 19.9. The van der Waals surface area contributed by atoms with Crippen LogP contribution in [-0.4, -0.2) is 44.1 Å². The second-order valence-electron chi connectivity index (χ2n) is 7.12. The van der Waals surface area contributed by atoms with Gasteiger partial charge in [-0.1, -0.05) is 42.5 Å². The van der Waals surface area contributed by atoms with Gasteiger partial charge in [-0.15, -0.1) is 0 Å². The molecule has 1 saturated heterocycles. The molecule has 2 aromatic rings. The van der Waals surface area contributed by atoms with E-state index in [9.17, 15) is 9.59 Å². The van der Waals surface area contributed by atoms with Gasteiger partial charge in [0.15, 0.2) is 0 Å². The van der Waals surface area contributed by atoms with Crippen LogP contribution >= 0.6 is 0 Å². The van der Waals surface area contributed by atoms with Gasteiger partial charge in [0.05, 0.1) is 20.1 Å². The summed E-state index contributed by atoms with van der Waals surface area (Å²) in [5, 5.41) is 0. The van der Waals surface area contributed by atoms with Gasteiger partial charge < -0.3 is 14.4 Å². The van der Waals surface area contributed by atoms with Gasteiger partial charge in [0.2, 0.25) is 5.91 Å². The van der Waals surface area contributed by atoms with Crippen molar-refractivity contribution in [3.05, 3.63) is 65.7 Å². The van der Waals surface area contributed by atoms with Crippen molar-refractivity contribution in [3.8, 4) is 5.75 Å². The maximum Gasteiger partial charge on any atom is 0.308 e. The van der Waals surface area contributed by atoms with Crippen molar-refractivity contribution in [1.82, 2.24) is 4.90 Å². The number of esters is 1. The zero-order valence-corrected chi connectivity index (χ0v) is 16.5. The van der Waals surface area contributed by atoms with Gasteiger partial charge in [-0.25, -0.2) is 0 Å². The van der Waals surface area contributed by atoms with Crippen LogP contribution in [0.3, 0.4) is 0 Å². The number of carbonyl (C=O) groups is 2. The van der Waals surface area contributed by atoms with Gasteiger partial charge in [0.1, 0.15) is 5.75 Å². The summed E-state index contributed by atoms with van der Waals surface area (Å²) in [6.45, 7) is 1.20. The first-order chi connectivity index (χ1) is 13.6. The van der Waals surface area contributed by atoms with E-state index in [1.54, 1.807) is 7.11 Å². The Bertz CT molecular complexity index is 780. The van der Waals surface area contributed by atoms with Gasteiger partial charge in [0, 0.05) is 25.4 Å². The molecule has 0 radical (unpaired) electrons. The van der Waals surface area contributed by atoms with E-state index in [4.69, 9.17) is 9.47 Å². The fourth-order valence-corrected chi connectivity index (χ4v) is 3.78. The SMILES string of the molecule is COC(=O)C1CCN(C(=O)CC(c2ccccc2)c2ccc(OC)cc2)CC1. The van der Waals surface area contributed by atoms with Gasteiger partial charge in [-0.05, 0) is 36.1 Å². The molecule has 0 aliphatic carbocycles. The molecule has 0 aromatic heterocycles. The summed E-state index contributed by atoms with van der Waals surface area (Å²) in [7, 11) is 3.06. The summed E-state index contributed by atoms with van der Waals surface area (Å²) < 4.78 is 10.1. The third-order valence-corrected chi connectivity index (χ3v) is 5.48. The predicted octanol–water partition coefficient (Wildman–Crippen LogP) is 3.63. The fourth-order valence-electron chi connectivity index (χ4n) is 3.78. The smallest absolute Gasteiger partial charge is 0.308 e. The fraction of sp³-hybridized carbons (Fsp3) is 0.391. The zero-order valence-electron chi connectivity index (χ0n) is 16.5. The van der Waals surface area contributed by atoms with Crippen LogP contribution in [-0.2, 0) is 14.3 Å². The molecule has 1 unspecified atom stereocenters. The van der Waals surface area contributed by atoms with Gasteiger partial charge in [-0.3, -0.25) is 9.59 Å². The molecule has 0 spiro atoms. The molecule has 1 aliphatic heterocycles. The number of nitrogens with zero attached hydrogens (tertiary/aromatic N) is 1. The van der Waals surface area contributed by atoms with E-state index in [2.05, 4.69) is 12.1 Å². The lowest BCUT2D eigenvalue weighted by molar-refractivity contribution is -0.148. The molecule has 1 fully saturated rings. The molecular weight excluding hydrogens is 354 g/mol. The van der Waals surface area contributed by atoms with Crippen molar-refractivity contribution in [1.29, 1.82) is 0 Å². The summed E-state index contributed by atoms with van der Waals surface area (Å²) in [4.78, 5) is 26.6. The molecule has 148 valence electrons. The molecule has 3 rings (SSSR count). The normalized spacial score (nSPS) is 15.7. The van der Waals surface area contributed by atoms with Crippen LogP contribution in [0.15, 0.2) is 54.6 Å². The number of rotatable bonds is 6. The molecule has 28 heavy (non-hydrogen) atoms. The average molecular weight is 381 g/mol. The van der Waals surface area contributed by atoms with E-state index in [1.807, 2.05) is 47.4 Å². The molecule has 1 heterocycles. The minimum atomic E-state index is -0.174. The monoisotopic (exact) mass is 381 g/mol. The van der Waals surface area contributed by atoms with E-state index in [0.717, 1.165) is 16.9 Å². The molecule has 2 aromatic carbocycles. The van der Waals surface area contributed by atoms with Crippen LogP contribution in [0.25, 0.3) is 0 Å². The second-order valence-corrected chi connectivity index (χ2v) is 7.12. The minimum Gasteiger partial charge on any atom is -0.497 e. The van der Waals surface area contributed by atoms with Gasteiger partial charge in [-0.2, -0.15) is 0 Å². The number of ether oxygens (including phenoxy) is 2. The average Bonchev–Trinajstić information content (AvgIpc) is 2.77. The first kappa shape index (κ1) is 19.9. The van der Waals surface area contributed by atoms with Crippen LogP contribution in [0.1, 0.15) is 36.3 Å². The van der Waals surface area contributed by atoms with Crippen molar-refractivity contribution in [2.45, 2.75) is 25.2 Å². The van der Waals surface area contributed by atoms with E-state index < -0.39 is 0 Å². The Labute approximate surface area is 166 Å². The van der Waals surface area contributed by atoms with Crippen LogP contribution in [0.2, 0.25) is 0 Å². The number of benzene rings is 2. The van der Waals surface area contributed by atoms with E-state index in [1.165, 1.54) is 7.11 Å². The van der Waals surface area contributed by atoms with Crippen LogP contribution in [0, 0.1) is 5.92 Å². The van der Waals surface area contributed by atoms with Gasteiger partial charge in [0.25, 0.3) is 0 Å². The molecule has 5 heteroatoms. The van der Waals surface area contributed by atoms with E-state index >= 15 is 0 Å². The highest BCUT2D eigenvalue weighted by molar-refractivity contribution is 5.78. The predicted molar refractivity (Wildman–Crippen MR) is 107 cm³/mol. The molecule has 0 saturated carbocycles. The number of hydrogen-bond acceptors (Lipinski definition) is 4. The lowest BCUT2D eigenvalue weighted by Gasteiger charge is -2.32. The molecule has 5 nitrogen and oxygen atoms in total. The topological polar surface area (TPSA) is 55.8 Å². The van der Waals surface area contributed by atoms with E-state index in [-0.39, 0.29) is 23.7 Å². The Kier molecular flexibility index (Phi) is 6.69. The number of methoxy groups -OCH3 is 2. The Morgan fingerprint density at radius 1 is 0.964 bits per heavy atom. The van der Waals surface area contributed by atoms with Crippen LogP contribution in [0.4, 0.5) is 0 Å². The summed E-state index contributed by atoms with van der Waals surface area (Å²) in [5.74, 6) is 0.630. The number of likely N-dealkylation sites (tertiary alicyclic amines) is 1. The lowest BCUT2D eigenvalue weighted by Crippen LogP contribution is -2.41. The standard InChI is InChI=1S/C23H27NO4/c1-27-20-10-8-18(9-11-20)21(17-6-4-3-5-7-17)16-22(25)24-14-12-19(13-15-24)23(26)28-2/h3-11,19,21H,12-16H2,1-2H3. The highest BCUT2D eigenvalue weighted by atomic mass is 16.5. The summed E-state index contributed by atoms with van der Waals surface area (Å²) in [6.07, 6.45) is 1.73. The minimum absolute atomic E-state index is 0.0158.